The summed E-state index contributed by atoms with van der Waals surface area (Å²) in [6.45, 7) is 1.05. The molecule has 2 N–H and O–H groups in total. The van der Waals surface area contributed by atoms with Gasteiger partial charge >= 0.3 is 5.97 Å². The molecule has 0 amide bonds. The van der Waals surface area contributed by atoms with E-state index in [2.05, 4.69) is 5.32 Å². The van der Waals surface area contributed by atoms with Gasteiger partial charge in [-0.25, -0.2) is 4.79 Å². The van der Waals surface area contributed by atoms with Gasteiger partial charge < -0.3 is 19.9 Å². The normalized spacial score (nSPS) is 10.6. The summed E-state index contributed by atoms with van der Waals surface area (Å²) in [6.07, 6.45) is 2.66. The van der Waals surface area contributed by atoms with Crippen LogP contribution in [-0.2, 0) is 11.3 Å². The van der Waals surface area contributed by atoms with Gasteiger partial charge in [-0.15, -0.1) is 0 Å². The van der Waals surface area contributed by atoms with Crippen molar-refractivity contribution in [1.82, 2.24) is 5.32 Å². The average Bonchev–Trinajstić information content (AvgIpc) is 2.37. The van der Waals surface area contributed by atoms with E-state index in [-0.39, 0.29) is 0 Å². The molecule has 1 aromatic carbocycles. The maximum absolute atomic E-state index is 10.3. The van der Waals surface area contributed by atoms with Gasteiger partial charge in [0, 0.05) is 24.7 Å². The SMILES string of the molecule is COc1ccc(OC)c(CNC/C=C/C(=O)O)c1. The molecular weight excluding hydrogens is 234 g/mol. The lowest BCUT2D eigenvalue weighted by Crippen LogP contribution is -2.14. The summed E-state index contributed by atoms with van der Waals surface area (Å²) in [6, 6.07) is 5.54. The number of aliphatic carboxylic acids is 1. The van der Waals surface area contributed by atoms with Crippen LogP contribution < -0.4 is 14.8 Å². The first-order valence-corrected chi connectivity index (χ1v) is 5.48. The smallest absolute Gasteiger partial charge is 0.328 e. The molecule has 5 heteroatoms. The minimum Gasteiger partial charge on any atom is -0.497 e. The third-order valence-corrected chi connectivity index (χ3v) is 2.33. The van der Waals surface area contributed by atoms with Gasteiger partial charge in [-0.3, -0.25) is 0 Å². The Balaban J connectivity index is 2.57. The van der Waals surface area contributed by atoms with Crippen LogP contribution in [0.2, 0.25) is 0 Å². The molecule has 0 aliphatic heterocycles. The molecule has 1 rings (SSSR count). The summed E-state index contributed by atoms with van der Waals surface area (Å²) in [5.74, 6) is 0.579. The maximum Gasteiger partial charge on any atom is 0.328 e. The summed E-state index contributed by atoms with van der Waals surface area (Å²) in [5.41, 5.74) is 0.959. The lowest BCUT2D eigenvalue weighted by Gasteiger charge is -2.10. The minimum atomic E-state index is -0.948. The van der Waals surface area contributed by atoms with Crippen molar-refractivity contribution < 1.29 is 19.4 Å². The quantitative estimate of drug-likeness (QED) is 0.567. The molecule has 0 atom stereocenters. The van der Waals surface area contributed by atoms with E-state index in [0.29, 0.717) is 13.1 Å². The van der Waals surface area contributed by atoms with Crippen LogP contribution in [0.5, 0.6) is 11.5 Å². The van der Waals surface area contributed by atoms with Gasteiger partial charge in [0.15, 0.2) is 0 Å². The molecule has 1 aromatic rings. The molecule has 0 saturated carbocycles. The van der Waals surface area contributed by atoms with E-state index in [9.17, 15) is 4.79 Å². The van der Waals surface area contributed by atoms with Crippen molar-refractivity contribution in [3.63, 3.8) is 0 Å². The predicted octanol–water partition coefficient (Wildman–Crippen LogP) is 1.43. The molecule has 5 nitrogen and oxygen atoms in total. The molecule has 0 aliphatic carbocycles. The number of methoxy groups -OCH3 is 2. The molecule has 0 saturated heterocycles. The second-order valence-electron chi connectivity index (χ2n) is 3.55. The third kappa shape index (κ3) is 4.47. The molecule has 0 aromatic heterocycles. The number of hydrogen-bond donors (Lipinski definition) is 2. The second kappa shape index (κ2) is 7.34. The van der Waals surface area contributed by atoms with Gasteiger partial charge in [0.2, 0.25) is 0 Å². The molecule has 0 spiro atoms. The van der Waals surface area contributed by atoms with Crippen molar-refractivity contribution in [1.29, 1.82) is 0 Å². The summed E-state index contributed by atoms with van der Waals surface area (Å²) in [7, 11) is 3.21. The molecule has 0 radical (unpaired) electrons. The van der Waals surface area contributed by atoms with Gasteiger partial charge in [0.25, 0.3) is 0 Å². The first kappa shape index (κ1) is 14.1. The zero-order chi connectivity index (χ0) is 13.4. The summed E-state index contributed by atoms with van der Waals surface area (Å²) >= 11 is 0. The van der Waals surface area contributed by atoms with Crippen LogP contribution in [0.1, 0.15) is 5.56 Å². The second-order valence-corrected chi connectivity index (χ2v) is 3.55. The fraction of sp³-hybridized carbons (Fsp3) is 0.308. The van der Waals surface area contributed by atoms with Gasteiger partial charge in [-0.05, 0) is 18.2 Å². The fourth-order valence-electron chi connectivity index (χ4n) is 1.47. The maximum atomic E-state index is 10.3. The highest BCUT2D eigenvalue weighted by molar-refractivity contribution is 5.79. The lowest BCUT2D eigenvalue weighted by atomic mass is 10.2. The van der Waals surface area contributed by atoms with E-state index in [1.165, 1.54) is 0 Å². The Morgan fingerprint density at radius 2 is 2.17 bits per heavy atom. The standard InChI is InChI=1S/C13H17NO4/c1-17-11-5-6-12(18-2)10(8-11)9-14-7-3-4-13(15)16/h3-6,8,14H,7,9H2,1-2H3,(H,15,16)/b4-3+. The number of carboxylic acid groups (broad SMARTS) is 1. The number of rotatable bonds is 7. The molecule has 0 fully saturated rings. The highest BCUT2D eigenvalue weighted by Crippen LogP contribution is 2.23. The molecule has 0 aliphatic rings. The highest BCUT2D eigenvalue weighted by atomic mass is 16.5. The van der Waals surface area contributed by atoms with E-state index in [0.717, 1.165) is 23.1 Å². The number of ether oxygens (including phenoxy) is 2. The van der Waals surface area contributed by atoms with E-state index in [1.807, 2.05) is 18.2 Å². The largest absolute Gasteiger partial charge is 0.497 e. The van der Waals surface area contributed by atoms with E-state index < -0.39 is 5.97 Å². The number of hydrogen-bond acceptors (Lipinski definition) is 4. The zero-order valence-electron chi connectivity index (χ0n) is 10.5. The molecule has 98 valence electrons. The van der Waals surface area contributed by atoms with E-state index >= 15 is 0 Å². The van der Waals surface area contributed by atoms with Crippen molar-refractivity contribution in [3.8, 4) is 11.5 Å². The van der Waals surface area contributed by atoms with Crippen LogP contribution in [0.15, 0.2) is 30.4 Å². The van der Waals surface area contributed by atoms with Gasteiger partial charge in [-0.1, -0.05) is 6.08 Å². The van der Waals surface area contributed by atoms with Gasteiger partial charge in [0.1, 0.15) is 11.5 Å². The first-order chi connectivity index (χ1) is 8.67. The third-order valence-electron chi connectivity index (χ3n) is 2.33. The number of nitrogens with one attached hydrogen (secondary N) is 1. The molecular formula is C13H17NO4. The lowest BCUT2D eigenvalue weighted by molar-refractivity contribution is -0.131. The Kier molecular flexibility index (Phi) is 5.73. The van der Waals surface area contributed by atoms with Crippen molar-refractivity contribution in [2.75, 3.05) is 20.8 Å². The zero-order valence-corrected chi connectivity index (χ0v) is 10.5. The van der Waals surface area contributed by atoms with Crippen molar-refractivity contribution >= 4 is 5.97 Å². The predicted molar refractivity (Wildman–Crippen MR) is 68.0 cm³/mol. The monoisotopic (exact) mass is 251 g/mol. The Morgan fingerprint density at radius 3 is 2.78 bits per heavy atom. The Hall–Kier alpha value is -2.01. The highest BCUT2D eigenvalue weighted by Gasteiger charge is 2.03. The molecule has 0 heterocycles. The summed E-state index contributed by atoms with van der Waals surface area (Å²) < 4.78 is 10.4. The van der Waals surface area contributed by atoms with Gasteiger partial charge in [0.05, 0.1) is 14.2 Å². The molecule has 18 heavy (non-hydrogen) atoms. The van der Waals surface area contributed by atoms with E-state index in [4.69, 9.17) is 14.6 Å². The number of carbonyl (C=O) groups is 1. The average molecular weight is 251 g/mol. The first-order valence-electron chi connectivity index (χ1n) is 5.48. The van der Waals surface area contributed by atoms with Crippen LogP contribution in [0.25, 0.3) is 0 Å². The fourth-order valence-corrected chi connectivity index (χ4v) is 1.47. The summed E-state index contributed by atoms with van der Waals surface area (Å²) in [4.78, 5) is 10.3. The van der Waals surface area contributed by atoms with Crippen molar-refractivity contribution in [2.24, 2.45) is 0 Å². The van der Waals surface area contributed by atoms with Crippen molar-refractivity contribution in [2.45, 2.75) is 6.54 Å². The van der Waals surface area contributed by atoms with Gasteiger partial charge in [-0.2, -0.15) is 0 Å². The Bertz CT molecular complexity index is 429. The van der Waals surface area contributed by atoms with Crippen LogP contribution >= 0.6 is 0 Å². The van der Waals surface area contributed by atoms with Crippen LogP contribution in [0.3, 0.4) is 0 Å². The number of benzene rings is 1. The van der Waals surface area contributed by atoms with Crippen molar-refractivity contribution in [3.05, 3.63) is 35.9 Å². The molecule has 0 bridgehead atoms. The van der Waals surface area contributed by atoms with Crippen LogP contribution in [-0.4, -0.2) is 31.8 Å². The van der Waals surface area contributed by atoms with E-state index in [1.54, 1.807) is 20.3 Å². The van der Waals surface area contributed by atoms with Crippen LogP contribution in [0.4, 0.5) is 0 Å². The number of carboxylic acids is 1. The minimum absolute atomic E-state index is 0.479. The summed E-state index contributed by atoms with van der Waals surface area (Å²) in [5, 5.41) is 11.5. The van der Waals surface area contributed by atoms with Crippen LogP contribution in [0, 0.1) is 0 Å². The molecule has 0 unspecified atom stereocenters. The topological polar surface area (TPSA) is 67.8 Å². The Morgan fingerprint density at radius 1 is 1.39 bits per heavy atom. The Labute approximate surface area is 106 Å².